The van der Waals surface area contributed by atoms with Gasteiger partial charge in [0.2, 0.25) is 9.84 Å². The van der Waals surface area contributed by atoms with Gasteiger partial charge in [-0.2, -0.15) is 0 Å². The van der Waals surface area contributed by atoms with E-state index in [1.807, 2.05) is 0 Å². The van der Waals surface area contributed by atoms with E-state index in [0.717, 1.165) is 36.4 Å². The number of nitrogens with zero attached hydrogens (tertiary/aromatic N) is 2. The molecule has 0 bridgehead atoms. The lowest BCUT2D eigenvalue weighted by Gasteiger charge is -2.13. The van der Waals surface area contributed by atoms with Crippen LogP contribution >= 0.6 is 0 Å². The van der Waals surface area contributed by atoms with Crippen molar-refractivity contribution in [3.63, 3.8) is 0 Å². The summed E-state index contributed by atoms with van der Waals surface area (Å²) in [6.45, 7) is 7.00. The highest BCUT2D eigenvalue weighted by atomic mass is 32.2. The van der Waals surface area contributed by atoms with Crippen molar-refractivity contribution in [1.82, 2.24) is 10.1 Å². The molecule has 4 rings (SSSR count). The Labute approximate surface area is 223 Å². The molecule has 2 aromatic rings. The first kappa shape index (κ1) is 27.6. The van der Waals surface area contributed by atoms with Crippen molar-refractivity contribution in [1.29, 1.82) is 0 Å². The summed E-state index contributed by atoms with van der Waals surface area (Å²) >= 11 is 0. The molecule has 0 saturated heterocycles. The second-order valence-corrected chi connectivity index (χ2v) is 11.8. The van der Waals surface area contributed by atoms with Crippen LogP contribution in [-0.4, -0.2) is 54.1 Å². The van der Waals surface area contributed by atoms with Crippen molar-refractivity contribution in [2.24, 2.45) is 11.8 Å². The minimum Gasteiger partial charge on any atom is -0.330 e. The number of hydrogen-bond donors (Lipinski definition) is 0. The second kappa shape index (κ2) is 10.1. The molecule has 204 valence electrons. The molecule has 39 heavy (non-hydrogen) atoms. The van der Waals surface area contributed by atoms with E-state index in [2.05, 4.69) is 0 Å². The summed E-state index contributed by atoms with van der Waals surface area (Å²) in [6, 6.07) is 6.38. The molecule has 2 aromatic carbocycles. The van der Waals surface area contributed by atoms with Crippen LogP contribution in [0.1, 0.15) is 82.0 Å². The van der Waals surface area contributed by atoms with Crippen molar-refractivity contribution < 1.29 is 46.9 Å². The fourth-order valence-corrected chi connectivity index (χ4v) is 5.29. The third-order valence-electron chi connectivity index (χ3n) is 5.80. The number of hydrogen-bond acceptors (Lipinski definition) is 10. The molecule has 0 radical (unpaired) electrons. The van der Waals surface area contributed by atoms with Gasteiger partial charge >= 0.3 is 11.9 Å². The molecule has 0 saturated carbocycles. The normalized spacial score (nSPS) is 14.8. The third kappa shape index (κ3) is 5.04. The fourth-order valence-electron chi connectivity index (χ4n) is 3.98. The van der Waals surface area contributed by atoms with Gasteiger partial charge in [0.25, 0.3) is 23.6 Å². The van der Waals surface area contributed by atoms with Crippen LogP contribution in [-0.2, 0) is 29.1 Å². The lowest BCUT2D eigenvalue weighted by molar-refractivity contribution is -0.169. The van der Waals surface area contributed by atoms with Crippen LogP contribution in [0.25, 0.3) is 0 Å². The predicted octanol–water partition coefficient (Wildman–Crippen LogP) is 2.72. The molecular weight excluding hydrogens is 532 g/mol. The number of carbonyl (C=O) groups is 6. The number of rotatable bonds is 8. The summed E-state index contributed by atoms with van der Waals surface area (Å²) in [6.07, 6.45) is -0.0815. The van der Waals surface area contributed by atoms with Crippen LogP contribution in [0.5, 0.6) is 0 Å². The second-order valence-electron chi connectivity index (χ2n) is 9.85. The van der Waals surface area contributed by atoms with Crippen LogP contribution in [0.15, 0.2) is 46.2 Å². The van der Waals surface area contributed by atoms with Gasteiger partial charge in [-0.3, -0.25) is 19.2 Å². The van der Waals surface area contributed by atoms with Crippen molar-refractivity contribution in [3.05, 3.63) is 58.7 Å². The van der Waals surface area contributed by atoms with Crippen LogP contribution in [0.2, 0.25) is 0 Å². The number of carbonyl (C=O) groups excluding carboxylic acids is 6. The first-order valence-electron chi connectivity index (χ1n) is 11.9. The van der Waals surface area contributed by atoms with E-state index in [4.69, 9.17) is 9.68 Å². The highest BCUT2D eigenvalue weighted by Gasteiger charge is 2.42. The maximum atomic E-state index is 13.4. The SMILES string of the molecule is CC(C)CC(=O)ON1C(=O)c2ccc(S(=O)(=O)c3ccc4c(c3)C(=O)N(OC(=O)CC(C)C)C4=O)cc2C1=O. The lowest BCUT2D eigenvalue weighted by atomic mass is 10.1. The van der Waals surface area contributed by atoms with Gasteiger partial charge in [-0.25, -0.2) is 18.0 Å². The number of fused-ring (bicyclic) bond motifs is 2. The molecule has 4 amide bonds. The van der Waals surface area contributed by atoms with E-state index in [9.17, 15) is 37.2 Å². The highest BCUT2D eigenvalue weighted by Crippen LogP contribution is 2.32. The van der Waals surface area contributed by atoms with E-state index >= 15 is 0 Å². The molecule has 0 unspecified atom stereocenters. The molecule has 2 heterocycles. The summed E-state index contributed by atoms with van der Waals surface area (Å²) in [5.74, 6) is -5.59. The molecule has 12 nitrogen and oxygen atoms in total. The first-order chi connectivity index (χ1) is 18.2. The van der Waals surface area contributed by atoms with Crippen molar-refractivity contribution in [2.75, 3.05) is 0 Å². The first-order valence-corrected chi connectivity index (χ1v) is 13.4. The molecule has 0 aliphatic carbocycles. The molecule has 0 N–H and O–H groups in total. The van der Waals surface area contributed by atoms with Crippen molar-refractivity contribution in [2.45, 2.75) is 50.3 Å². The monoisotopic (exact) mass is 556 g/mol. The number of imide groups is 2. The Hall–Kier alpha value is -4.39. The van der Waals surface area contributed by atoms with E-state index in [-0.39, 0.29) is 56.7 Å². The Balaban J connectivity index is 1.61. The summed E-state index contributed by atoms with van der Waals surface area (Å²) in [5.41, 5.74) is -0.863. The van der Waals surface area contributed by atoms with Crippen LogP contribution < -0.4 is 0 Å². The predicted molar refractivity (Wildman–Crippen MR) is 130 cm³/mol. The summed E-state index contributed by atoms with van der Waals surface area (Å²) in [4.78, 5) is 83.7. The molecule has 0 fully saturated rings. The van der Waals surface area contributed by atoms with Crippen LogP contribution in [0.4, 0.5) is 0 Å². The van der Waals surface area contributed by atoms with E-state index < -0.39 is 45.4 Å². The highest BCUT2D eigenvalue weighted by molar-refractivity contribution is 7.91. The molecule has 0 aromatic heterocycles. The van der Waals surface area contributed by atoms with Gasteiger partial charge in [-0.05, 0) is 48.2 Å². The Bertz CT molecular complexity index is 1450. The minimum atomic E-state index is -4.36. The minimum absolute atomic E-state index is 0.0407. The fraction of sp³-hybridized carbons (Fsp3) is 0.308. The Morgan fingerprint density at radius 2 is 0.974 bits per heavy atom. The number of amides is 4. The maximum absolute atomic E-state index is 13.4. The summed E-state index contributed by atoms with van der Waals surface area (Å²) in [7, 11) is -4.36. The van der Waals surface area contributed by atoms with Crippen molar-refractivity contribution >= 4 is 45.4 Å². The largest absolute Gasteiger partial charge is 0.333 e. The Morgan fingerprint density at radius 1 is 0.641 bits per heavy atom. The summed E-state index contributed by atoms with van der Waals surface area (Å²) < 4.78 is 26.8. The van der Waals surface area contributed by atoms with Gasteiger partial charge in [0.05, 0.1) is 44.9 Å². The van der Waals surface area contributed by atoms with E-state index in [0.29, 0.717) is 10.1 Å². The lowest BCUT2D eigenvalue weighted by Crippen LogP contribution is -2.33. The van der Waals surface area contributed by atoms with Gasteiger partial charge in [0.1, 0.15) is 0 Å². The van der Waals surface area contributed by atoms with Crippen LogP contribution in [0.3, 0.4) is 0 Å². The number of hydroxylamine groups is 4. The molecular formula is C26H24N2O10S. The smallest absolute Gasteiger partial charge is 0.330 e. The van der Waals surface area contributed by atoms with E-state index in [1.165, 1.54) is 0 Å². The van der Waals surface area contributed by atoms with Crippen LogP contribution in [0, 0.1) is 11.8 Å². The molecule has 13 heteroatoms. The van der Waals surface area contributed by atoms with Gasteiger partial charge in [-0.1, -0.05) is 37.8 Å². The zero-order valence-corrected chi connectivity index (χ0v) is 22.2. The average Bonchev–Trinajstić information content (AvgIpc) is 3.23. The summed E-state index contributed by atoms with van der Waals surface area (Å²) in [5, 5.41) is 0.585. The zero-order chi connectivity index (χ0) is 28.8. The number of sulfone groups is 1. The Kier molecular flexibility index (Phi) is 7.13. The third-order valence-corrected chi connectivity index (χ3v) is 7.55. The van der Waals surface area contributed by atoms with E-state index in [1.54, 1.807) is 27.7 Å². The quantitative estimate of drug-likeness (QED) is 0.442. The Morgan fingerprint density at radius 3 is 1.31 bits per heavy atom. The average molecular weight is 557 g/mol. The zero-order valence-electron chi connectivity index (χ0n) is 21.4. The van der Waals surface area contributed by atoms with Gasteiger partial charge in [0, 0.05) is 0 Å². The molecule has 0 spiro atoms. The van der Waals surface area contributed by atoms with Gasteiger partial charge in [0.15, 0.2) is 0 Å². The van der Waals surface area contributed by atoms with Gasteiger partial charge in [-0.15, -0.1) is 0 Å². The topological polar surface area (TPSA) is 161 Å². The molecule has 2 aliphatic rings. The maximum Gasteiger partial charge on any atom is 0.333 e. The molecule has 0 atom stereocenters. The van der Waals surface area contributed by atoms with Gasteiger partial charge < -0.3 is 9.68 Å². The molecule has 2 aliphatic heterocycles. The van der Waals surface area contributed by atoms with Crippen molar-refractivity contribution in [3.8, 4) is 0 Å². The number of benzene rings is 2. The standard InChI is InChI=1S/C26H24N2O10S/c1-13(2)9-21(29)37-27-23(31)17-7-5-15(11-19(17)25(27)33)39(35,36)16-6-8-18-20(12-16)26(34)28(24(18)32)38-22(30)10-14(3)4/h5-8,11-14H,9-10H2,1-4H3.